The van der Waals surface area contributed by atoms with E-state index in [0.717, 1.165) is 26.7 Å². The highest BCUT2D eigenvalue weighted by molar-refractivity contribution is 9.10. The highest BCUT2D eigenvalue weighted by Crippen LogP contribution is 2.59. The van der Waals surface area contributed by atoms with Gasteiger partial charge in [-0.3, -0.25) is 0 Å². The SMILES string of the molecule is CC(C)(C)C1(O)c2ccccc2C(O)(C(C)(C)C)c2cc(Br)ccc21. The summed E-state index contributed by atoms with van der Waals surface area (Å²) < 4.78 is 0.893. The summed E-state index contributed by atoms with van der Waals surface area (Å²) >= 11 is 3.54. The van der Waals surface area contributed by atoms with Gasteiger partial charge in [-0.15, -0.1) is 0 Å². The Morgan fingerprint density at radius 2 is 1.08 bits per heavy atom. The standard InChI is InChI=1S/C22H27BrO2/c1-19(2,3)21(24)15-9-7-8-10-16(15)22(25,20(4,5)6)18-13-14(23)11-12-17(18)21/h7-13,24-25H,1-6H3. The lowest BCUT2D eigenvalue weighted by atomic mass is 9.55. The van der Waals surface area contributed by atoms with E-state index in [4.69, 9.17) is 0 Å². The minimum absolute atomic E-state index is 0.440. The Bertz CT molecular complexity index is 829. The van der Waals surface area contributed by atoms with Gasteiger partial charge >= 0.3 is 0 Å². The average Bonchev–Trinajstić information content (AvgIpc) is 2.50. The topological polar surface area (TPSA) is 40.5 Å². The summed E-state index contributed by atoms with van der Waals surface area (Å²) in [4.78, 5) is 0. The van der Waals surface area contributed by atoms with Crippen molar-refractivity contribution in [1.29, 1.82) is 0 Å². The van der Waals surface area contributed by atoms with E-state index in [2.05, 4.69) is 15.9 Å². The molecule has 3 heteroatoms. The Morgan fingerprint density at radius 1 is 0.680 bits per heavy atom. The van der Waals surface area contributed by atoms with Crippen molar-refractivity contribution < 1.29 is 10.2 Å². The zero-order valence-corrected chi connectivity index (χ0v) is 17.4. The number of rotatable bonds is 0. The van der Waals surface area contributed by atoms with Gasteiger partial charge in [0.15, 0.2) is 0 Å². The fourth-order valence-corrected chi connectivity index (χ4v) is 4.51. The normalized spacial score (nSPS) is 26.1. The van der Waals surface area contributed by atoms with Crippen LogP contribution in [0.3, 0.4) is 0 Å². The second kappa shape index (κ2) is 5.42. The molecule has 2 N–H and O–H groups in total. The first-order valence-electron chi connectivity index (χ1n) is 8.70. The molecule has 2 aromatic carbocycles. The lowest BCUT2D eigenvalue weighted by Gasteiger charge is -2.53. The summed E-state index contributed by atoms with van der Waals surface area (Å²) in [5.41, 5.74) is -0.148. The third-order valence-corrected chi connectivity index (χ3v) is 6.13. The second-order valence-corrected chi connectivity index (χ2v) is 10.1. The fraction of sp³-hybridized carbons (Fsp3) is 0.455. The molecule has 0 aliphatic heterocycles. The van der Waals surface area contributed by atoms with Crippen LogP contribution in [0.1, 0.15) is 63.8 Å². The zero-order valence-electron chi connectivity index (χ0n) is 15.8. The molecule has 2 atom stereocenters. The minimum atomic E-state index is -1.19. The third kappa shape index (κ3) is 2.36. The Labute approximate surface area is 159 Å². The average molecular weight is 403 g/mol. The number of halogens is 1. The molecule has 0 bridgehead atoms. The summed E-state index contributed by atoms with van der Waals surface area (Å²) in [6, 6.07) is 13.6. The number of hydrogen-bond donors (Lipinski definition) is 2. The van der Waals surface area contributed by atoms with Gasteiger partial charge in [0.1, 0.15) is 11.2 Å². The molecule has 2 unspecified atom stereocenters. The maximum atomic E-state index is 12.0. The predicted molar refractivity (Wildman–Crippen MR) is 105 cm³/mol. The number of hydrogen-bond acceptors (Lipinski definition) is 2. The zero-order chi connectivity index (χ0) is 18.8. The molecule has 2 nitrogen and oxygen atoms in total. The van der Waals surface area contributed by atoms with E-state index in [0.29, 0.717) is 0 Å². The number of aliphatic hydroxyl groups is 2. The van der Waals surface area contributed by atoms with Crippen LogP contribution in [-0.2, 0) is 11.2 Å². The van der Waals surface area contributed by atoms with Crippen molar-refractivity contribution in [3.8, 4) is 0 Å². The van der Waals surface area contributed by atoms with Gasteiger partial charge in [0.25, 0.3) is 0 Å². The Hall–Kier alpha value is -1.16. The minimum Gasteiger partial charge on any atom is -0.380 e. The summed E-state index contributed by atoms with van der Waals surface area (Å²) in [5.74, 6) is 0. The molecule has 1 aliphatic carbocycles. The van der Waals surface area contributed by atoms with Crippen molar-refractivity contribution in [3.05, 3.63) is 69.2 Å². The first-order chi connectivity index (χ1) is 11.3. The van der Waals surface area contributed by atoms with Crippen molar-refractivity contribution in [2.75, 3.05) is 0 Å². The van der Waals surface area contributed by atoms with E-state index in [1.165, 1.54) is 0 Å². The summed E-state index contributed by atoms with van der Waals surface area (Å²) in [6.07, 6.45) is 0. The van der Waals surface area contributed by atoms with Crippen molar-refractivity contribution in [2.45, 2.75) is 52.7 Å². The van der Waals surface area contributed by atoms with E-state index >= 15 is 0 Å². The molecular weight excluding hydrogens is 376 g/mol. The van der Waals surface area contributed by atoms with Crippen molar-refractivity contribution in [2.24, 2.45) is 10.8 Å². The maximum absolute atomic E-state index is 12.0. The molecule has 2 aromatic rings. The van der Waals surface area contributed by atoms with Gasteiger partial charge in [-0.05, 0) is 45.2 Å². The quantitative estimate of drug-likeness (QED) is 0.625. The van der Waals surface area contributed by atoms with Crippen LogP contribution >= 0.6 is 15.9 Å². The molecule has 0 saturated heterocycles. The molecule has 0 radical (unpaired) electrons. The third-order valence-electron chi connectivity index (χ3n) is 5.64. The van der Waals surface area contributed by atoms with Crippen LogP contribution in [0, 0.1) is 10.8 Å². The monoisotopic (exact) mass is 402 g/mol. The summed E-state index contributed by atoms with van der Waals surface area (Å²) in [5, 5.41) is 24.0. The van der Waals surface area contributed by atoms with Crippen molar-refractivity contribution in [1.82, 2.24) is 0 Å². The highest BCUT2D eigenvalue weighted by atomic mass is 79.9. The van der Waals surface area contributed by atoms with Crippen LogP contribution in [0.5, 0.6) is 0 Å². The first-order valence-corrected chi connectivity index (χ1v) is 9.49. The van der Waals surface area contributed by atoms with Gasteiger partial charge in [-0.2, -0.15) is 0 Å². The molecule has 0 spiro atoms. The van der Waals surface area contributed by atoms with Crippen LogP contribution in [0.15, 0.2) is 46.9 Å². The van der Waals surface area contributed by atoms with E-state index < -0.39 is 22.0 Å². The highest BCUT2D eigenvalue weighted by Gasteiger charge is 2.57. The van der Waals surface area contributed by atoms with Gasteiger partial charge < -0.3 is 10.2 Å². The largest absolute Gasteiger partial charge is 0.380 e. The van der Waals surface area contributed by atoms with Crippen LogP contribution < -0.4 is 0 Å². The molecule has 134 valence electrons. The Morgan fingerprint density at radius 3 is 1.52 bits per heavy atom. The molecule has 3 rings (SSSR count). The first kappa shape index (κ1) is 18.6. The lowest BCUT2D eigenvalue weighted by Crippen LogP contribution is -2.53. The predicted octanol–water partition coefficient (Wildman–Crippen LogP) is 5.33. The Balaban J connectivity index is 2.53. The van der Waals surface area contributed by atoms with Crippen LogP contribution in [-0.4, -0.2) is 10.2 Å². The molecule has 1 aliphatic rings. The molecule has 0 fully saturated rings. The van der Waals surface area contributed by atoms with Gasteiger partial charge in [-0.25, -0.2) is 0 Å². The van der Waals surface area contributed by atoms with Crippen molar-refractivity contribution >= 4 is 15.9 Å². The molecule has 0 amide bonds. The molecule has 0 aromatic heterocycles. The van der Waals surface area contributed by atoms with Gasteiger partial charge in [0.2, 0.25) is 0 Å². The fourth-order valence-electron chi connectivity index (χ4n) is 4.15. The molecule has 25 heavy (non-hydrogen) atoms. The molecule has 0 saturated carbocycles. The smallest absolute Gasteiger partial charge is 0.120 e. The van der Waals surface area contributed by atoms with Gasteiger partial charge in [0.05, 0.1) is 0 Å². The van der Waals surface area contributed by atoms with Crippen LogP contribution in [0.2, 0.25) is 0 Å². The van der Waals surface area contributed by atoms with Crippen molar-refractivity contribution in [3.63, 3.8) is 0 Å². The van der Waals surface area contributed by atoms with Crippen LogP contribution in [0.4, 0.5) is 0 Å². The maximum Gasteiger partial charge on any atom is 0.120 e. The van der Waals surface area contributed by atoms with E-state index in [9.17, 15) is 10.2 Å². The number of fused-ring (bicyclic) bond motifs is 2. The van der Waals surface area contributed by atoms with Gasteiger partial charge in [0, 0.05) is 4.47 Å². The molecule has 0 heterocycles. The lowest BCUT2D eigenvalue weighted by molar-refractivity contribution is -0.0703. The van der Waals surface area contributed by atoms with Crippen LogP contribution in [0.25, 0.3) is 0 Å². The van der Waals surface area contributed by atoms with Gasteiger partial charge in [-0.1, -0.05) is 87.8 Å². The Kier molecular flexibility index (Phi) is 4.04. The summed E-state index contributed by atoms with van der Waals surface area (Å²) in [7, 11) is 0. The summed E-state index contributed by atoms with van der Waals surface area (Å²) in [6.45, 7) is 12.2. The second-order valence-electron chi connectivity index (χ2n) is 9.16. The van der Waals surface area contributed by atoms with E-state index in [-0.39, 0.29) is 0 Å². The van der Waals surface area contributed by atoms with E-state index in [1.807, 2.05) is 84.0 Å². The van der Waals surface area contributed by atoms with E-state index in [1.54, 1.807) is 0 Å². The molecular formula is C22H27BrO2. The number of benzene rings is 2.